The van der Waals surface area contributed by atoms with Crippen molar-refractivity contribution >= 4 is 29.3 Å². The topological polar surface area (TPSA) is 82.5 Å². The number of nitrogens with one attached hydrogen (secondary N) is 1. The van der Waals surface area contributed by atoms with Crippen molar-refractivity contribution in [2.24, 2.45) is 0 Å². The molecule has 0 spiro atoms. The van der Waals surface area contributed by atoms with Crippen LogP contribution in [-0.2, 0) is 15.8 Å². The Balaban J connectivity index is 1.92. The zero-order chi connectivity index (χ0) is 18.6. The van der Waals surface area contributed by atoms with E-state index >= 15 is 0 Å². The van der Waals surface area contributed by atoms with E-state index in [1.165, 1.54) is 4.90 Å². The molecule has 1 amide bonds. The second-order valence-electron chi connectivity index (χ2n) is 5.67. The highest BCUT2D eigenvalue weighted by molar-refractivity contribution is 6.32. The Morgan fingerprint density at radius 1 is 1.40 bits per heavy atom. The van der Waals surface area contributed by atoms with Crippen LogP contribution in [0.4, 0.5) is 19.0 Å². The van der Waals surface area contributed by atoms with Crippen LogP contribution in [0.3, 0.4) is 0 Å². The van der Waals surface area contributed by atoms with Gasteiger partial charge in [0.25, 0.3) is 0 Å². The highest BCUT2D eigenvalue weighted by Gasteiger charge is 2.32. The molecule has 0 aromatic carbocycles. The van der Waals surface area contributed by atoms with Crippen LogP contribution < -0.4 is 5.32 Å². The molecular formula is C15H17ClF3N3O3. The minimum absolute atomic E-state index is 0.0111. The van der Waals surface area contributed by atoms with Crippen LogP contribution in [0.1, 0.15) is 31.2 Å². The van der Waals surface area contributed by atoms with Gasteiger partial charge in [0.1, 0.15) is 11.9 Å². The Morgan fingerprint density at radius 2 is 2.12 bits per heavy atom. The Bertz CT molecular complexity index is 655. The van der Waals surface area contributed by atoms with Gasteiger partial charge in [-0.3, -0.25) is 4.79 Å². The standard InChI is InChI=1S/C15H17ClF3N3O3/c16-10-7-9(15(17,18)19)8-21-13(10)20-5-4-12(23)22-6-2-1-3-11(22)14(24)25/h7-8,11H,1-6H2,(H,20,21)(H,24,25). The molecule has 25 heavy (non-hydrogen) atoms. The highest BCUT2D eigenvalue weighted by Crippen LogP contribution is 2.32. The van der Waals surface area contributed by atoms with E-state index in [0.717, 1.165) is 18.9 Å². The highest BCUT2D eigenvalue weighted by atomic mass is 35.5. The van der Waals surface area contributed by atoms with E-state index in [9.17, 15) is 22.8 Å². The quantitative estimate of drug-likeness (QED) is 0.821. The van der Waals surface area contributed by atoms with Crippen LogP contribution in [0.2, 0.25) is 5.02 Å². The third-order valence-corrected chi connectivity index (χ3v) is 4.20. The summed E-state index contributed by atoms with van der Waals surface area (Å²) in [5.74, 6) is -1.33. The monoisotopic (exact) mass is 379 g/mol. The lowest BCUT2D eigenvalue weighted by atomic mass is 10.0. The fraction of sp³-hybridized carbons (Fsp3) is 0.533. The number of piperidine rings is 1. The van der Waals surface area contributed by atoms with Gasteiger partial charge in [-0.2, -0.15) is 13.2 Å². The number of amides is 1. The Hall–Kier alpha value is -2.03. The SMILES string of the molecule is O=C(O)C1CCCCN1C(=O)CCNc1ncc(C(F)(F)F)cc1Cl. The molecule has 6 nitrogen and oxygen atoms in total. The molecule has 10 heteroatoms. The first kappa shape index (κ1) is 19.3. The number of carbonyl (C=O) groups excluding carboxylic acids is 1. The summed E-state index contributed by atoms with van der Waals surface area (Å²) in [6.07, 6.45) is -1.98. The number of aliphatic carboxylic acids is 1. The third-order valence-electron chi connectivity index (χ3n) is 3.91. The van der Waals surface area contributed by atoms with Gasteiger partial charge in [0.05, 0.1) is 10.6 Å². The minimum Gasteiger partial charge on any atom is -0.480 e. The number of hydrogen-bond acceptors (Lipinski definition) is 4. The van der Waals surface area contributed by atoms with Crippen LogP contribution >= 0.6 is 11.6 Å². The van der Waals surface area contributed by atoms with Crippen molar-refractivity contribution in [3.63, 3.8) is 0 Å². The van der Waals surface area contributed by atoms with Gasteiger partial charge < -0.3 is 15.3 Å². The van der Waals surface area contributed by atoms with Gasteiger partial charge in [0, 0.05) is 25.7 Å². The number of pyridine rings is 1. The number of anilines is 1. The second-order valence-corrected chi connectivity index (χ2v) is 6.07. The average molecular weight is 380 g/mol. The number of likely N-dealkylation sites (tertiary alicyclic amines) is 1. The third kappa shape index (κ3) is 4.97. The molecule has 2 N–H and O–H groups in total. The van der Waals surface area contributed by atoms with Gasteiger partial charge in [-0.05, 0) is 25.3 Å². The maximum atomic E-state index is 12.5. The van der Waals surface area contributed by atoms with Crippen LogP contribution in [-0.4, -0.2) is 46.0 Å². The molecule has 0 radical (unpaired) electrons. The molecule has 1 aliphatic rings. The molecule has 2 rings (SSSR count). The summed E-state index contributed by atoms with van der Waals surface area (Å²) in [6.45, 7) is 0.467. The lowest BCUT2D eigenvalue weighted by molar-refractivity contribution is -0.151. The van der Waals surface area contributed by atoms with Crippen LogP contribution in [0.25, 0.3) is 0 Å². The summed E-state index contributed by atoms with van der Waals surface area (Å²) in [4.78, 5) is 28.3. The number of carbonyl (C=O) groups is 2. The number of alkyl halides is 3. The van der Waals surface area contributed by atoms with Crippen molar-refractivity contribution in [1.82, 2.24) is 9.88 Å². The fourth-order valence-electron chi connectivity index (χ4n) is 2.64. The van der Waals surface area contributed by atoms with Crippen molar-refractivity contribution in [2.75, 3.05) is 18.4 Å². The zero-order valence-electron chi connectivity index (χ0n) is 13.1. The summed E-state index contributed by atoms with van der Waals surface area (Å²) in [5, 5.41) is 11.7. The van der Waals surface area contributed by atoms with Crippen molar-refractivity contribution in [3.8, 4) is 0 Å². The van der Waals surface area contributed by atoms with Gasteiger partial charge in [0.15, 0.2) is 0 Å². The molecule has 1 fully saturated rings. The number of aromatic nitrogens is 1. The van der Waals surface area contributed by atoms with E-state index in [1.54, 1.807) is 0 Å². The summed E-state index contributed by atoms with van der Waals surface area (Å²) in [7, 11) is 0. The Labute approximate surface area is 147 Å². The summed E-state index contributed by atoms with van der Waals surface area (Å²) in [6, 6.07) is -0.0712. The molecule has 1 atom stereocenters. The van der Waals surface area contributed by atoms with Gasteiger partial charge >= 0.3 is 12.1 Å². The van der Waals surface area contributed by atoms with Crippen LogP contribution in [0.15, 0.2) is 12.3 Å². The second kappa shape index (κ2) is 7.90. The number of halogens is 4. The van der Waals surface area contributed by atoms with Crippen molar-refractivity contribution < 1.29 is 27.9 Å². The average Bonchev–Trinajstić information content (AvgIpc) is 2.55. The molecule has 1 unspecified atom stereocenters. The van der Waals surface area contributed by atoms with E-state index in [-0.39, 0.29) is 29.7 Å². The Morgan fingerprint density at radius 3 is 2.72 bits per heavy atom. The number of carboxylic acid groups (broad SMARTS) is 1. The first-order valence-corrected chi connectivity index (χ1v) is 8.07. The molecule has 0 saturated carbocycles. The predicted molar refractivity (Wildman–Crippen MR) is 84.3 cm³/mol. The fourth-order valence-corrected chi connectivity index (χ4v) is 2.87. The van der Waals surface area contributed by atoms with Crippen molar-refractivity contribution in [1.29, 1.82) is 0 Å². The molecule has 1 saturated heterocycles. The molecule has 0 bridgehead atoms. The van der Waals surface area contributed by atoms with E-state index in [2.05, 4.69) is 10.3 Å². The number of hydrogen-bond donors (Lipinski definition) is 2. The van der Waals surface area contributed by atoms with E-state index in [0.29, 0.717) is 19.2 Å². The van der Waals surface area contributed by atoms with E-state index < -0.39 is 23.8 Å². The normalized spacial score (nSPS) is 18.1. The molecule has 1 aromatic rings. The number of rotatable bonds is 5. The lowest BCUT2D eigenvalue weighted by Crippen LogP contribution is -2.48. The molecule has 138 valence electrons. The smallest absolute Gasteiger partial charge is 0.417 e. The van der Waals surface area contributed by atoms with Crippen molar-refractivity contribution in [3.05, 3.63) is 22.8 Å². The van der Waals surface area contributed by atoms with Gasteiger partial charge in [-0.25, -0.2) is 9.78 Å². The van der Waals surface area contributed by atoms with Crippen LogP contribution in [0, 0.1) is 0 Å². The maximum Gasteiger partial charge on any atom is 0.417 e. The van der Waals surface area contributed by atoms with Crippen LogP contribution in [0.5, 0.6) is 0 Å². The van der Waals surface area contributed by atoms with Crippen molar-refractivity contribution in [2.45, 2.75) is 37.9 Å². The summed E-state index contributed by atoms with van der Waals surface area (Å²) >= 11 is 5.77. The molecule has 1 aromatic heterocycles. The van der Waals surface area contributed by atoms with Gasteiger partial charge in [0.2, 0.25) is 5.91 Å². The first-order chi connectivity index (χ1) is 11.7. The number of carboxylic acids is 1. The molecule has 0 aliphatic carbocycles. The largest absolute Gasteiger partial charge is 0.480 e. The maximum absolute atomic E-state index is 12.5. The van der Waals surface area contributed by atoms with Gasteiger partial charge in [-0.15, -0.1) is 0 Å². The first-order valence-electron chi connectivity index (χ1n) is 7.69. The van der Waals surface area contributed by atoms with E-state index in [1.807, 2.05) is 0 Å². The summed E-state index contributed by atoms with van der Waals surface area (Å²) in [5.41, 5.74) is -0.961. The predicted octanol–water partition coefficient (Wildman–Crippen LogP) is 3.02. The van der Waals surface area contributed by atoms with E-state index in [4.69, 9.17) is 16.7 Å². The van der Waals surface area contributed by atoms with Gasteiger partial charge in [-0.1, -0.05) is 11.6 Å². The molecular weight excluding hydrogens is 363 g/mol. The summed E-state index contributed by atoms with van der Waals surface area (Å²) < 4.78 is 37.6. The zero-order valence-corrected chi connectivity index (χ0v) is 13.9. The molecule has 1 aliphatic heterocycles. The Kier molecular flexibility index (Phi) is 6.10. The number of nitrogens with zero attached hydrogens (tertiary/aromatic N) is 2. The molecule has 2 heterocycles. The lowest BCUT2D eigenvalue weighted by Gasteiger charge is -2.33. The minimum atomic E-state index is -4.54.